The van der Waals surface area contributed by atoms with Crippen LogP contribution in [0.25, 0.3) is 0 Å². The summed E-state index contributed by atoms with van der Waals surface area (Å²) in [5.74, 6) is 0.213. The van der Waals surface area contributed by atoms with Crippen LogP contribution in [0.4, 0.5) is 0 Å². The van der Waals surface area contributed by atoms with Crippen molar-refractivity contribution in [3.8, 4) is 12.3 Å². The van der Waals surface area contributed by atoms with Crippen LogP contribution in [0.15, 0.2) is 23.1 Å². The molecular formula is C14H15NO5S. The monoisotopic (exact) mass is 309 g/mol. The number of carboxylic acid groups (broad SMARTS) is 1. The van der Waals surface area contributed by atoms with Crippen LogP contribution < -0.4 is 5.32 Å². The summed E-state index contributed by atoms with van der Waals surface area (Å²) in [5.41, 5.74) is 0.318. The molecule has 0 spiro atoms. The normalized spacial score (nSPS) is 12.2. The van der Waals surface area contributed by atoms with E-state index < -0.39 is 27.0 Å². The summed E-state index contributed by atoms with van der Waals surface area (Å²) in [6, 6.07) is 3.72. The Bertz CT molecular complexity index is 715. The Labute approximate surface area is 123 Å². The minimum atomic E-state index is -3.99. The Morgan fingerprint density at radius 2 is 2.05 bits per heavy atom. The molecule has 7 heteroatoms. The first-order valence-corrected chi connectivity index (χ1v) is 7.55. The summed E-state index contributed by atoms with van der Waals surface area (Å²) >= 11 is 0. The standard InChI is InChI=1S/C14H15NO5S/c1-4-7-15-13(16)10(3)21(19,20)11-6-5-9(2)12(8-11)14(17)18/h1,5-6,8,10H,7H2,2-3H3,(H,15,16)(H,17,18). The van der Waals surface area contributed by atoms with Gasteiger partial charge in [-0.3, -0.25) is 4.79 Å². The summed E-state index contributed by atoms with van der Waals surface area (Å²) in [6.07, 6.45) is 4.99. The predicted octanol–water partition coefficient (Wildman–Crippen LogP) is 0.605. The molecule has 21 heavy (non-hydrogen) atoms. The van der Waals surface area contributed by atoms with Crippen LogP contribution >= 0.6 is 0 Å². The van der Waals surface area contributed by atoms with Crippen molar-refractivity contribution in [3.63, 3.8) is 0 Å². The number of aryl methyl sites for hydroxylation is 1. The van der Waals surface area contributed by atoms with Gasteiger partial charge >= 0.3 is 5.97 Å². The lowest BCUT2D eigenvalue weighted by atomic mass is 10.1. The number of hydrogen-bond acceptors (Lipinski definition) is 4. The zero-order chi connectivity index (χ0) is 16.2. The molecule has 1 amide bonds. The number of benzene rings is 1. The first-order valence-electron chi connectivity index (χ1n) is 6.00. The van der Waals surface area contributed by atoms with Gasteiger partial charge < -0.3 is 10.4 Å². The highest BCUT2D eigenvalue weighted by Crippen LogP contribution is 2.20. The van der Waals surface area contributed by atoms with E-state index in [0.29, 0.717) is 5.56 Å². The molecule has 112 valence electrons. The van der Waals surface area contributed by atoms with E-state index in [-0.39, 0.29) is 17.0 Å². The predicted molar refractivity (Wildman–Crippen MR) is 76.6 cm³/mol. The molecule has 1 unspecified atom stereocenters. The van der Waals surface area contributed by atoms with E-state index >= 15 is 0 Å². The van der Waals surface area contributed by atoms with Crippen molar-refractivity contribution in [2.24, 2.45) is 0 Å². The molecule has 2 N–H and O–H groups in total. The van der Waals surface area contributed by atoms with E-state index in [4.69, 9.17) is 11.5 Å². The maximum atomic E-state index is 12.3. The largest absolute Gasteiger partial charge is 0.478 e. The molecule has 1 atom stereocenters. The van der Waals surface area contributed by atoms with Gasteiger partial charge in [-0.2, -0.15) is 0 Å². The second kappa shape index (κ2) is 6.41. The first-order chi connectivity index (χ1) is 9.71. The van der Waals surface area contributed by atoms with Gasteiger partial charge in [0.1, 0.15) is 5.25 Å². The lowest BCUT2D eigenvalue weighted by molar-refractivity contribution is -0.120. The molecule has 0 bridgehead atoms. The van der Waals surface area contributed by atoms with Crippen LogP contribution in [0, 0.1) is 19.3 Å². The molecule has 0 fully saturated rings. The van der Waals surface area contributed by atoms with E-state index in [1.165, 1.54) is 19.1 Å². The zero-order valence-corrected chi connectivity index (χ0v) is 12.4. The fraction of sp³-hybridized carbons (Fsp3) is 0.286. The van der Waals surface area contributed by atoms with Crippen molar-refractivity contribution >= 4 is 21.7 Å². The van der Waals surface area contributed by atoms with E-state index in [2.05, 4.69) is 11.2 Å². The van der Waals surface area contributed by atoms with Crippen molar-refractivity contribution < 1.29 is 23.1 Å². The molecule has 0 saturated heterocycles. The number of hydrogen-bond donors (Lipinski definition) is 2. The molecule has 0 aliphatic heterocycles. The molecule has 1 rings (SSSR count). The van der Waals surface area contributed by atoms with Crippen molar-refractivity contribution in [2.75, 3.05) is 6.54 Å². The number of aromatic carboxylic acids is 1. The Balaban J connectivity index is 3.20. The SMILES string of the molecule is C#CCNC(=O)C(C)S(=O)(=O)c1ccc(C)c(C(=O)O)c1. The Kier molecular flexibility index (Phi) is 5.11. The number of sulfone groups is 1. The molecule has 0 aromatic heterocycles. The molecule has 0 saturated carbocycles. The quantitative estimate of drug-likeness (QED) is 0.776. The lowest BCUT2D eigenvalue weighted by Gasteiger charge is -2.13. The smallest absolute Gasteiger partial charge is 0.335 e. The Hall–Kier alpha value is -2.33. The Morgan fingerprint density at radius 1 is 1.43 bits per heavy atom. The van der Waals surface area contributed by atoms with Crippen LogP contribution in [-0.4, -0.2) is 37.2 Å². The van der Waals surface area contributed by atoms with Gasteiger partial charge in [-0.15, -0.1) is 6.42 Å². The van der Waals surface area contributed by atoms with Crippen LogP contribution in [0.3, 0.4) is 0 Å². The van der Waals surface area contributed by atoms with E-state index in [1.54, 1.807) is 6.92 Å². The van der Waals surface area contributed by atoms with Gasteiger partial charge in [0.15, 0.2) is 9.84 Å². The van der Waals surface area contributed by atoms with Gasteiger partial charge in [0.25, 0.3) is 0 Å². The van der Waals surface area contributed by atoms with E-state index in [9.17, 15) is 18.0 Å². The third kappa shape index (κ3) is 3.61. The van der Waals surface area contributed by atoms with Crippen LogP contribution in [0.5, 0.6) is 0 Å². The summed E-state index contributed by atoms with van der Waals surface area (Å²) in [7, 11) is -3.99. The number of terminal acetylenes is 1. The average Bonchev–Trinajstić information content (AvgIpc) is 2.43. The topological polar surface area (TPSA) is 101 Å². The molecule has 1 aromatic carbocycles. The van der Waals surface area contributed by atoms with Crippen molar-refractivity contribution in [1.82, 2.24) is 5.32 Å². The highest BCUT2D eigenvalue weighted by atomic mass is 32.2. The lowest BCUT2D eigenvalue weighted by Crippen LogP contribution is -2.38. The highest BCUT2D eigenvalue weighted by Gasteiger charge is 2.30. The number of carbonyl (C=O) groups is 2. The van der Waals surface area contributed by atoms with E-state index in [0.717, 1.165) is 6.07 Å². The second-order valence-electron chi connectivity index (χ2n) is 4.39. The molecular weight excluding hydrogens is 294 g/mol. The molecule has 0 radical (unpaired) electrons. The fourth-order valence-electron chi connectivity index (χ4n) is 1.64. The minimum absolute atomic E-state index is 0.0764. The van der Waals surface area contributed by atoms with Gasteiger partial charge in [0.2, 0.25) is 5.91 Å². The van der Waals surface area contributed by atoms with Crippen molar-refractivity contribution in [3.05, 3.63) is 29.3 Å². The molecule has 6 nitrogen and oxygen atoms in total. The average molecular weight is 309 g/mol. The number of amides is 1. The summed E-state index contributed by atoms with van der Waals surface area (Å²) < 4.78 is 24.6. The van der Waals surface area contributed by atoms with Gasteiger partial charge in [-0.1, -0.05) is 12.0 Å². The fourth-order valence-corrected chi connectivity index (χ4v) is 2.95. The third-order valence-corrected chi connectivity index (χ3v) is 5.02. The van der Waals surface area contributed by atoms with Gasteiger partial charge in [0.05, 0.1) is 17.0 Å². The summed E-state index contributed by atoms with van der Waals surface area (Å²) in [6.45, 7) is 2.71. The van der Waals surface area contributed by atoms with Crippen molar-refractivity contribution in [2.45, 2.75) is 24.0 Å². The number of nitrogens with one attached hydrogen (secondary N) is 1. The zero-order valence-electron chi connectivity index (χ0n) is 11.6. The maximum absolute atomic E-state index is 12.3. The van der Waals surface area contributed by atoms with Gasteiger partial charge in [-0.25, -0.2) is 13.2 Å². The molecule has 0 aliphatic rings. The van der Waals surface area contributed by atoms with Crippen LogP contribution in [0.2, 0.25) is 0 Å². The number of rotatable bonds is 5. The van der Waals surface area contributed by atoms with Crippen molar-refractivity contribution in [1.29, 1.82) is 0 Å². The Morgan fingerprint density at radius 3 is 2.57 bits per heavy atom. The third-order valence-electron chi connectivity index (χ3n) is 2.97. The van der Waals surface area contributed by atoms with E-state index in [1.807, 2.05) is 0 Å². The molecule has 1 aromatic rings. The minimum Gasteiger partial charge on any atom is -0.478 e. The highest BCUT2D eigenvalue weighted by molar-refractivity contribution is 7.92. The summed E-state index contributed by atoms with van der Waals surface area (Å²) in [4.78, 5) is 22.5. The first kappa shape index (κ1) is 16.7. The van der Waals surface area contributed by atoms with Gasteiger partial charge in [-0.05, 0) is 31.5 Å². The van der Waals surface area contributed by atoms with Crippen LogP contribution in [0.1, 0.15) is 22.8 Å². The number of carboxylic acids is 1. The number of carbonyl (C=O) groups excluding carboxylic acids is 1. The maximum Gasteiger partial charge on any atom is 0.335 e. The van der Waals surface area contributed by atoms with Crippen LogP contribution in [-0.2, 0) is 14.6 Å². The molecule has 0 heterocycles. The second-order valence-corrected chi connectivity index (χ2v) is 6.66. The molecule has 0 aliphatic carbocycles. The van der Waals surface area contributed by atoms with Gasteiger partial charge in [0, 0.05) is 0 Å². The summed E-state index contributed by atoms with van der Waals surface area (Å²) in [5, 5.41) is 9.94.